The molecule has 0 unspecified atom stereocenters. The average molecular weight is 335 g/mol. The van der Waals surface area contributed by atoms with Crippen LogP contribution < -0.4 is 16.0 Å². The van der Waals surface area contributed by atoms with E-state index in [9.17, 15) is 19.2 Å². The fourth-order valence-corrected chi connectivity index (χ4v) is 1.65. The van der Waals surface area contributed by atoms with Crippen molar-refractivity contribution in [1.82, 2.24) is 10.6 Å². The van der Waals surface area contributed by atoms with E-state index in [0.717, 1.165) is 0 Å². The molecule has 0 fully saturated rings. The Balaban J connectivity index is 2.46. The van der Waals surface area contributed by atoms with Crippen molar-refractivity contribution in [2.45, 2.75) is 20.8 Å². The lowest BCUT2D eigenvalue weighted by molar-refractivity contribution is -0.123. The third-order valence-corrected chi connectivity index (χ3v) is 2.68. The van der Waals surface area contributed by atoms with Crippen LogP contribution >= 0.6 is 0 Å². The third kappa shape index (κ3) is 7.39. The highest BCUT2D eigenvalue weighted by molar-refractivity contribution is 5.97. The lowest BCUT2D eigenvalue weighted by Crippen LogP contribution is -2.42. The SMILES string of the molecule is CC(=O)Nc1cccc(C(=O)OCC(=O)NC(=O)NCC(C)C)c1. The number of hydrogen-bond donors (Lipinski definition) is 3. The van der Waals surface area contributed by atoms with Crippen LogP contribution in [0.2, 0.25) is 0 Å². The van der Waals surface area contributed by atoms with Gasteiger partial charge in [0.25, 0.3) is 5.91 Å². The van der Waals surface area contributed by atoms with Crippen LogP contribution in [0.4, 0.5) is 10.5 Å². The zero-order chi connectivity index (χ0) is 18.1. The van der Waals surface area contributed by atoms with Gasteiger partial charge >= 0.3 is 12.0 Å². The van der Waals surface area contributed by atoms with Crippen LogP contribution in [0.25, 0.3) is 0 Å². The molecule has 0 spiro atoms. The molecule has 0 aliphatic rings. The number of benzene rings is 1. The zero-order valence-corrected chi connectivity index (χ0v) is 13.8. The molecule has 1 aromatic carbocycles. The molecule has 3 N–H and O–H groups in total. The van der Waals surface area contributed by atoms with Crippen LogP contribution in [0, 0.1) is 5.92 Å². The number of imide groups is 1. The second kappa shape index (κ2) is 9.29. The normalized spacial score (nSPS) is 10.0. The molecule has 4 amide bonds. The minimum absolute atomic E-state index is 0.179. The molecule has 8 nitrogen and oxygen atoms in total. The van der Waals surface area contributed by atoms with E-state index in [2.05, 4.69) is 16.0 Å². The molecule has 1 rings (SSSR count). The first-order valence-corrected chi connectivity index (χ1v) is 7.40. The number of anilines is 1. The Kier molecular flexibility index (Phi) is 7.41. The van der Waals surface area contributed by atoms with E-state index in [1.807, 2.05) is 13.8 Å². The second-order valence-corrected chi connectivity index (χ2v) is 5.49. The fraction of sp³-hybridized carbons (Fsp3) is 0.375. The zero-order valence-electron chi connectivity index (χ0n) is 13.8. The van der Waals surface area contributed by atoms with Gasteiger partial charge in [-0.15, -0.1) is 0 Å². The Morgan fingerprint density at radius 2 is 1.88 bits per heavy atom. The van der Waals surface area contributed by atoms with E-state index < -0.39 is 24.5 Å². The summed E-state index contributed by atoms with van der Waals surface area (Å²) in [5, 5.41) is 7.10. The van der Waals surface area contributed by atoms with E-state index in [1.54, 1.807) is 12.1 Å². The molecule has 1 aromatic rings. The van der Waals surface area contributed by atoms with E-state index >= 15 is 0 Å². The second-order valence-electron chi connectivity index (χ2n) is 5.49. The Hall–Kier alpha value is -2.90. The summed E-state index contributed by atoms with van der Waals surface area (Å²) in [5.74, 6) is -1.49. The van der Waals surface area contributed by atoms with E-state index in [-0.39, 0.29) is 17.4 Å². The maximum atomic E-state index is 11.9. The van der Waals surface area contributed by atoms with Crippen LogP contribution in [-0.4, -0.2) is 37.0 Å². The van der Waals surface area contributed by atoms with Crippen molar-refractivity contribution in [2.75, 3.05) is 18.5 Å². The third-order valence-electron chi connectivity index (χ3n) is 2.68. The number of esters is 1. The summed E-state index contributed by atoms with van der Waals surface area (Å²) in [6.45, 7) is 5.02. The molecule has 0 saturated carbocycles. The predicted octanol–water partition coefficient (Wildman–Crippen LogP) is 1.28. The minimum Gasteiger partial charge on any atom is -0.452 e. The Labute approximate surface area is 139 Å². The predicted molar refractivity (Wildman–Crippen MR) is 87.4 cm³/mol. The summed E-state index contributed by atoms with van der Waals surface area (Å²) in [6.07, 6.45) is 0. The molecule has 8 heteroatoms. The first kappa shape index (κ1) is 19.1. The van der Waals surface area contributed by atoms with Crippen molar-refractivity contribution in [3.05, 3.63) is 29.8 Å². The summed E-state index contributed by atoms with van der Waals surface area (Å²) in [6, 6.07) is 5.46. The number of ether oxygens (including phenoxy) is 1. The molecule has 0 saturated heterocycles. The molecule has 24 heavy (non-hydrogen) atoms. The summed E-state index contributed by atoms with van der Waals surface area (Å²) in [4.78, 5) is 45.8. The molecule has 0 bridgehead atoms. The van der Waals surface area contributed by atoms with Crippen molar-refractivity contribution < 1.29 is 23.9 Å². The Morgan fingerprint density at radius 3 is 2.50 bits per heavy atom. The molecule has 0 aliphatic carbocycles. The van der Waals surface area contributed by atoms with Gasteiger partial charge in [0.2, 0.25) is 5.91 Å². The van der Waals surface area contributed by atoms with Crippen molar-refractivity contribution >= 4 is 29.5 Å². The molecule has 0 radical (unpaired) electrons. The highest BCUT2D eigenvalue weighted by Crippen LogP contribution is 2.11. The molecule has 130 valence electrons. The first-order chi connectivity index (χ1) is 11.3. The smallest absolute Gasteiger partial charge is 0.338 e. The van der Waals surface area contributed by atoms with Gasteiger partial charge in [0.05, 0.1) is 5.56 Å². The van der Waals surface area contributed by atoms with Gasteiger partial charge in [-0.2, -0.15) is 0 Å². The average Bonchev–Trinajstić information content (AvgIpc) is 2.50. The van der Waals surface area contributed by atoms with Gasteiger partial charge in [-0.1, -0.05) is 19.9 Å². The lowest BCUT2D eigenvalue weighted by Gasteiger charge is -2.09. The molecular weight excluding hydrogens is 314 g/mol. The monoisotopic (exact) mass is 335 g/mol. The van der Waals surface area contributed by atoms with Crippen LogP contribution in [0.3, 0.4) is 0 Å². The number of hydrogen-bond acceptors (Lipinski definition) is 5. The molecular formula is C16H21N3O5. The van der Waals surface area contributed by atoms with E-state index in [0.29, 0.717) is 12.2 Å². The quantitative estimate of drug-likeness (QED) is 0.678. The maximum absolute atomic E-state index is 11.9. The highest BCUT2D eigenvalue weighted by Gasteiger charge is 2.13. The van der Waals surface area contributed by atoms with Crippen molar-refractivity contribution in [3.63, 3.8) is 0 Å². The molecule has 0 aliphatic heterocycles. The number of nitrogens with one attached hydrogen (secondary N) is 3. The number of carbonyl (C=O) groups is 4. The van der Waals surface area contributed by atoms with Gasteiger partial charge in [0.1, 0.15) is 0 Å². The van der Waals surface area contributed by atoms with Gasteiger partial charge in [-0.3, -0.25) is 14.9 Å². The fourth-order valence-electron chi connectivity index (χ4n) is 1.65. The first-order valence-electron chi connectivity index (χ1n) is 7.40. The largest absolute Gasteiger partial charge is 0.452 e. The number of urea groups is 1. The Morgan fingerprint density at radius 1 is 1.17 bits per heavy atom. The lowest BCUT2D eigenvalue weighted by atomic mass is 10.2. The number of carbonyl (C=O) groups excluding carboxylic acids is 4. The highest BCUT2D eigenvalue weighted by atomic mass is 16.5. The number of rotatable bonds is 6. The summed E-state index contributed by atoms with van der Waals surface area (Å²) >= 11 is 0. The summed E-state index contributed by atoms with van der Waals surface area (Å²) in [5.41, 5.74) is 0.618. The van der Waals surface area contributed by atoms with Crippen molar-refractivity contribution in [2.24, 2.45) is 5.92 Å². The van der Waals surface area contributed by atoms with Gasteiger partial charge in [0.15, 0.2) is 6.61 Å². The van der Waals surface area contributed by atoms with Crippen molar-refractivity contribution in [3.8, 4) is 0 Å². The summed E-state index contributed by atoms with van der Waals surface area (Å²) < 4.78 is 4.83. The van der Waals surface area contributed by atoms with Crippen LogP contribution in [0.5, 0.6) is 0 Å². The Bertz CT molecular complexity index is 628. The standard InChI is InChI=1S/C16H21N3O5/c1-10(2)8-17-16(23)19-14(21)9-24-15(22)12-5-4-6-13(7-12)18-11(3)20/h4-7,10H,8-9H2,1-3H3,(H,18,20)(H2,17,19,21,23). The summed E-state index contributed by atoms with van der Waals surface area (Å²) in [7, 11) is 0. The molecule has 0 atom stereocenters. The van der Waals surface area contributed by atoms with Crippen LogP contribution in [0.1, 0.15) is 31.1 Å². The minimum atomic E-state index is -0.736. The molecule has 0 heterocycles. The van der Waals surface area contributed by atoms with Gasteiger partial charge < -0.3 is 15.4 Å². The maximum Gasteiger partial charge on any atom is 0.338 e. The van der Waals surface area contributed by atoms with Gasteiger partial charge in [-0.05, 0) is 24.1 Å². The number of amides is 4. The van der Waals surface area contributed by atoms with Crippen LogP contribution in [-0.2, 0) is 14.3 Å². The van der Waals surface area contributed by atoms with Gasteiger partial charge in [-0.25, -0.2) is 9.59 Å². The van der Waals surface area contributed by atoms with Crippen LogP contribution in [0.15, 0.2) is 24.3 Å². The van der Waals surface area contributed by atoms with Gasteiger partial charge in [0, 0.05) is 19.2 Å². The molecule has 0 aromatic heterocycles. The van der Waals surface area contributed by atoms with E-state index in [1.165, 1.54) is 19.1 Å². The van der Waals surface area contributed by atoms with E-state index in [4.69, 9.17) is 4.74 Å². The topological polar surface area (TPSA) is 114 Å². The van der Waals surface area contributed by atoms with Crippen molar-refractivity contribution in [1.29, 1.82) is 0 Å².